The van der Waals surface area contributed by atoms with Gasteiger partial charge in [0.1, 0.15) is 23.5 Å². The van der Waals surface area contributed by atoms with Crippen molar-refractivity contribution >= 4 is 52.6 Å². The van der Waals surface area contributed by atoms with Crippen LogP contribution in [0, 0.1) is 0 Å². The molecule has 2 heterocycles. The normalized spacial score (nSPS) is 10.9. The standard InChI is InChI=1S/C28H35ClN8O4/c1-5-9-31-24-22(16-33-26(37-24)32-12-8-18-6-10-30-11-7-18)25(39)36-21-14-19(29)13-20(15-21)35-23(38)17-34-27(40)41-28(2,3)4/h6-7,10-11,13-16H,5,8-9,12,17H2,1-4H3,(H,34,40)(H,35,38)(H,36,39)(H2,31,32,33,37). The third-order valence-electron chi connectivity index (χ3n) is 5.25. The summed E-state index contributed by atoms with van der Waals surface area (Å²) in [4.78, 5) is 50.2. The molecule has 0 unspecified atom stereocenters. The summed E-state index contributed by atoms with van der Waals surface area (Å²) < 4.78 is 5.12. The zero-order valence-electron chi connectivity index (χ0n) is 23.5. The fourth-order valence-electron chi connectivity index (χ4n) is 3.48. The van der Waals surface area contributed by atoms with Gasteiger partial charge in [-0.05, 0) is 69.5 Å². The van der Waals surface area contributed by atoms with E-state index < -0.39 is 23.5 Å². The number of alkyl carbamates (subject to hydrolysis) is 1. The molecule has 41 heavy (non-hydrogen) atoms. The number of carbonyl (C=O) groups is 3. The van der Waals surface area contributed by atoms with Crippen LogP contribution >= 0.6 is 11.6 Å². The molecular weight excluding hydrogens is 548 g/mol. The molecule has 0 radical (unpaired) electrons. The molecule has 0 bridgehead atoms. The topological polar surface area (TPSA) is 159 Å². The van der Waals surface area contributed by atoms with Crippen molar-refractivity contribution in [2.24, 2.45) is 0 Å². The van der Waals surface area contributed by atoms with E-state index in [-0.39, 0.29) is 17.1 Å². The summed E-state index contributed by atoms with van der Waals surface area (Å²) in [6.07, 6.45) is 5.81. The number of pyridine rings is 1. The lowest BCUT2D eigenvalue weighted by atomic mass is 10.2. The first kappa shape index (κ1) is 31.1. The number of rotatable bonds is 12. The minimum atomic E-state index is -0.712. The first-order chi connectivity index (χ1) is 19.5. The summed E-state index contributed by atoms with van der Waals surface area (Å²) in [5.41, 5.74) is 1.36. The highest BCUT2D eigenvalue weighted by Crippen LogP contribution is 2.24. The zero-order valence-corrected chi connectivity index (χ0v) is 24.3. The van der Waals surface area contributed by atoms with Gasteiger partial charge in [0.25, 0.3) is 5.91 Å². The molecule has 3 aromatic rings. The molecule has 2 aromatic heterocycles. The molecule has 0 saturated carbocycles. The molecule has 0 fully saturated rings. The van der Waals surface area contributed by atoms with Crippen LogP contribution in [0.4, 0.5) is 27.9 Å². The molecule has 1 aromatic carbocycles. The van der Waals surface area contributed by atoms with Crippen LogP contribution in [0.3, 0.4) is 0 Å². The number of hydrogen-bond donors (Lipinski definition) is 5. The van der Waals surface area contributed by atoms with Crippen LogP contribution in [0.1, 0.15) is 50.0 Å². The highest BCUT2D eigenvalue weighted by atomic mass is 35.5. The van der Waals surface area contributed by atoms with Crippen molar-refractivity contribution in [1.29, 1.82) is 0 Å². The molecular formula is C28H35ClN8O4. The number of amides is 3. The summed E-state index contributed by atoms with van der Waals surface area (Å²) in [5, 5.41) is 14.4. The van der Waals surface area contributed by atoms with Crippen LogP contribution < -0.4 is 26.6 Å². The van der Waals surface area contributed by atoms with Crippen molar-refractivity contribution in [1.82, 2.24) is 20.3 Å². The summed E-state index contributed by atoms with van der Waals surface area (Å²) in [7, 11) is 0. The van der Waals surface area contributed by atoms with Gasteiger partial charge in [0.2, 0.25) is 11.9 Å². The van der Waals surface area contributed by atoms with E-state index in [4.69, 9.17) is 16.3 Å². The number of anilines is 4. The van der Waals surface area contributed by atoms with Gasteiger partial charge in [-0.15, -0.1) is 0 Å². The quantitative estimate of drug-likeness (QED) is 0.204. The second-order valence-electron chi connectivity index (χ2n) is 10.0. The first-order valence-corrected chi connectivity index (χ1v) is 13.5. The molecule has 0 aliphatic carbocycles. The average molecular weight is 583 g/mol. The van der Waals surface area contributed by atoms with Gasteiger partial charge in [-0.2, -0.15) is 4.98 Å². The largest absolute Gasteiger partial charge is 0.444 e. The van der Waals surface area contributed by atoms with Gasteiger partial charge < -0.3 is 31.3 Å². The summed E-state index contributed by atoms with van der Waals surface area (Å²) >= 11 is 6.24. The van der Waals surface area contributed by atoms with Crippen LogP contribution in [0.2, 0.25) is 5.02 Å². The van der Waals surface area contributed by atoms with E-state index in [0.29, 0.717) is 36.2 Å². The van der Waals surface area contributed by atoms with Gasteiger partial charge in [-0.3, -0.25) is 14.6 Å². The molecule has 3 amide bonds. The Morgan fingerprint density at radius 2 is 1.68 bits per heavy atom. The van der Waals surface area contributed by atoms with Gasteiger partial charge in [-0.25, -0.2) is 9.78 Å². The highest BCUT2D eigenvalue weighted by molar-refractivity contribution is 6.31. The van der Waals surface area contributed by atoms with Crippen LogP contribution in [-0.4, -0.2) is 58.1 Å². The lowest BCUT2D eigenvalue weighted by Gasteiger charge is -2.19. The van der Waals surface area contributed by atoms with E-state index >= 15 is 0 Å². The van der Waals surface area contributed by atoms with E-state index in [1.54, 1.807) is 45.3 Å². The van der Waals surface area contributed by atoms with Gasteiger partial charge in [0.05, 0.1) is 0 Å². The summed E-state index contributed by atoms with van der Waals surface area (Å²) in [6, 6.07) is 8.50. The zero-order chi connectivity index (χ0) is 29.8. The van der Waals surface area contributed by atoms with Gasteiger partial charge in [-0.1, -0.05) is 18.5 Å². The molecule has 0 saturated heterocycles. The van der Waals surface area contributed by atoms with E-state index in [1.165, 1.54) is 12.3 Å². The van der Waals surface area contributed by atoms with Gasteiger partial charge in [0, 0.05) is 48.1 Å². The van der Waals surface area contributed by atoms with Gasteiger partial charge in [0.15, 0.2) is 0 Å². The van der Waals surface area contributed by atoms with Crippen molar-refractivity contribution in [3.8, 4) is 0 Å². The molecule has 13 heteroatoms. The Morgan fingerprint density at radius 3 is 2.37 bits per heavy atom. The summed E-state index contributed by atoms with van der Waals surface area (Å²) in [5.74, 6) is -0.184. The van der Waals surface area contributed by atoms with Crippen LogP contribution in [0.5, 0.6) is 0 Å². The number of nitrogens with one attached hydrogen (secondary N) is 5. The Hall–Kier alpha value is -4.45. The second kappa shape index (κ2) is 14.8. The maximum absolute atomic E-state index is 13.2. The number of aromatic nitrogens is 3. The number of hydrogen-bond acceptors (Lipinski definition) is 9. The van der Waals surface area contributed by atoms with E-state index in [2.05, 4.69) is 41.5 Å². The van der Waals surface area contributed by atoms with Crippen molar-refractivity contribution in [2.45, 2.75) is 46.1 Å². The minimum Gasteiger partial charge on any atom is -0.444 e. The Morgan fingerprint density at radius 1 is 0.976 bits per heavy atom. The van der Waals surface area contributed by atoms with Crippen molar-refractivity contribution in [3.05, 3.63) is 65.1 Å². The predicted molar refractivity (Wildman–Crippen MR) is 160 cm³/mol. The lowest BCUT2D eigenvalue weighted by molar-refractivity contribution is -0.115. The number of halogens is 1. The average Bonchev–Trinajstić information content (AvgIpc) is 2.90. The third-order valence-corrected chi connectivity index (χ3v) is 5.47. The maximum Gasteiger partial charge on any atom is 0.408 e. The van der Waals surface area contributed by atoms with E-state index in [1.807, 2.05) is 19.1 Å². The van der Waals surface area contributed by atoms with E-state index in [0.717, 1.165) is 18.4 Å². The molecule has 12 nitrogen and oxygen atoms in total. The van der Waals surface area contributed by atoms with Gasteiger partial charge >= 0.3 is 6.09 Å². The van der Waals surface area contributed by atoms with Crippen LogP contribution in [0.25, 0.3) is 0 Å². The lowest BCUT2D eigenvalue weighted by Crippen LogP contribution is -2.37. The molecule has 0 atom stereocenters. The molecule has 3 rings (SSSR count). The van der Waals surface area contributed by atoms with Crippen molar-refractivity contribution in [2.75, 3.05) is 40.9 Å². The number of benzene rings is 1. The molecule has 0 spiro atoms. The number of nitrogens with zero attached hydrogens (tertiary/aromatic N) is 3. The first-order valence-electron chi connectivity index (χ1n) is 13.1. The molecule has 218 valence electrons. The fourth-order valence-corrected chi connectivity index (χ4v) is 3.72. The van der Waals surface area contributed by atoms with Crippen LogP contribution in [0.15, 0.2) is 48.9 Å². The Kier molecular flexibility index (Phi) is 11.2. The van der Waals surface area contributed by atoms with E-state index in [9.17, 15) is 14.4 Å². The second-order valence-corrected chi connectivity index (χ2v) is 10.4. The number of carbonyl (C=O) groups excluding carboxylic acids is 3. The molecule has 5 N–H and O–H groups in total. The number of ether oxygens (including phenoxy) is 1. The smallest absolute Gasteiger partial charge is 0.408 e. The van der Waals surface area contributed by atoms with Crippen LogP contribution in [-0.2, 0) is 16.0 Å². The summed E-state index contributed by atoms with van der Waals surface area (Å²) in [6.45, 7) is 8.08. The monoisotopic (exact) mass is 582 g/mol. The minimum absolute atomic E-state index is 0.241. The Bertz CT molecular complexity index is 1350. The highest BCUT2D eigenvalue weighted by Gasteiger charge is 2.18. The predicted octanol–water partition coefficient (Wildman–Crippen LogP) is 4.72. The van der Waals surface area contributed by atoms with Crippen molar-refractivity contribution in [3.63, 3.8) is 0 Å². The molecule has 0 aliphatic heterocycles. The van der Waals surface area contributed by atoms with Crippen molar-refractivity contribution < 1.29 is 19.1 Å². The SMILES string of the molecule is CCCNc1nc(NCCc2ccncc2)ncc1C(=O)Nc1cc(Cl)cc(NC(=O)CNC(=O)OC(C)(C)C)c1. The molecule has 0 aliphatic rings. The Balaban J connectivity index is 1.64. The third kappa shape index (κ3) is 10.9. The maximum atomic E-state index is 13.2. The fraction of sp³-hybridized carbons (Fsp3) is 0.357. The Labute approximate surface area is 244 Å².